The van der Waals surface area contributed by atoms with Crippen LogP contribution in [-0.2, 0) is 17.8 Å². The Balaban J connectivity index is 1.47. The van der Waals surface area contributed by atoms with E-state index in [0.717, 1.165) is 27.8 Å². The smallest absolute Gasteiger partial charge is 0.321 e. The SMILES string of the molecule is Cc1c(COc2cc3c(cc2O)C[C@@H](C(=O)O)NC3c2cncc(C#N)c2)cccc1-c1ccccc1. The largest absolute Gasteiger partial charge is 0.504 e. The Kier molecular flexibility index (Phi) is 6.59. The van der Waals surface area contributed by atoms with Gasteiger partial charge in [-0.3, -0.25) is 15.1 Å². The van der Waals surface area contributed by atoms with Gasteiger partial charge in [-0.15, -0.1) is 0 Å². The molecule has 2 atom stereocenters. The van der Waals surface area contributed by atoms with Crippen LogP contribution in [0.2, 0.25) is 0 Å². The molecule has 4 aromatic rings. The van der Waals surface area contributed by atoms with Crippen LogP contribution < -0.4 is 10.1 Å². The van der Waals surface area contributed by atoms with E-state index >= 15 is 0 Å². The third kappa shape index (κ3) is 4.88. The second-order valence-electron chi connectivity index (χ2n) is 9.08. The summed E-state index contributed by atoms with van der Waals surface area (Å²) in [6, 6.07) is 21.9. The van der Waals surface area contributed by atoms with Crippen molar-refractivity contribution >= 4 is 5.97 Å². The fourth-order valence-electron chi connectivity index (χ4n) is 4.80. The predicted octanol–water partition coefficient (Wildman–Crippen LogP) is 4.90. The molecule has 0 aliphatic carbocycles. The van der Waals surface area contributed by atoms with Gasteiger partial charge < -0.3 is 14.9 Å². The van der Waals surface area contributed by atoms with E-state index in [1.165, 1.54) is 6.20 Å². The molecule has 7 nitrogen and oxygen atoms in total. The Hall–Kier alpha value is -4.67. The van der Waals surface area contributed by atoms with Crippen LogP contribution in [-0.4, -0.2) is 27.2 Å². The minimum absolute atomic E-state index is 0.0516. The molecule has 1 aromatic heterocycles. The maximum atomic E-state index is 11.8. The molecule has 0 saturated carbocycles. The molecule has 0 spiro atoms. The van der Waals surface area contributed by atoms with Gasteiger partial charge in [-0.2, -0.15) is 5.26 Å². The highest BCUT2D eigenvalue weighted by Gasteiger charge is 2.33. The Labute approximate surface area is 214 Å². The Bertz CT molecular complexity index is 1510. The Morgan fingerprint density at radius 2 is 1.95 bits per heavy atom. The molecule has 1 aliphatic heterocycles. The summed E-state index contributed by atoms with van der Waals surface area (Å²) in [4.78, 5) is 16.0. The standard InChI is InChI=1S/C30H25N3O4/c1-18-21(8-5-9-24(18)20-6-3-2-4-7-20)17-37-28-13-25-22(12-27(28)34)11-26(30(35)36)33-29(25)23-10-19(14-31)15-32-16-23/h2-10,12-13,15-16,26,29,33-34H,11,17H2,1H3,(H,35,36)/t26-,29?/m0/s1. The third-order valence-electron chi connectivity index (χ3n) is 6.76. The van der Waals surface area contributed by atoms with Crippen molar-refractivity contribution in [2.24, 2.45) is 0 Å². The van der Waals surface area contributed by atoms with Crippen LogP contribution in [0.5, 0.6) is 11.5 Å². The van der Waals surface area contributed by atoms with Crippen LogP contribution in [0.1, 0.15) is 39.4 Å². The van der Waals surface area contributed by atoms with Gasteiger partial charge in [-0.05, 0) is 70.5 Å². The number of ether oxygens (including phenoxy) is 1. The average Bonchev–Trinajstić information content (AvgIpc) is 2.92. The summed E-state index contributed by atoms with van der Waals surface area (Å²) in [5, 5.41) is 32.9. The van der Waals surface area contributed by atoms with Crippen molar-refractivity contribution in [3.8, 4) is 28.7 Å². The lowest BCUT2D eigenvalue weighted by atomic mass is 9.86. The zero-order chi connectivity index (χ0) is 25.9. The maximum Gasteiger partial charge on any atom is 0.321 e. The highest BCUT2D eigenvalue weighted by Crippen LogP contribution is 2.39. The number of fused-ring (bicyclic) bond motifs is 1. The number of aromatic nitrogens is 1. The molecule has 0 bridgehead atoms. The minimum Gasteiger partial charge on any atom is -0.504 e. The van der Waals surface area contributed by atoms with E-state index in [4.69, 9.17) is 4.74 Å². The first kappa shape index (κ1) is 24.0. The number of nitrogens with zero attached hydrogens (tertiary/aromatic N) is 2. The molecule has 3 N–H and O–H groups in total. The lowest BCUT2D eigenvalue weighted by molar-refractivity contribution is -0.139. The Morgan fingerprint density at radius 1 is 1.14 bits per heavy atom. The van der Waals surface area contributed by atoms with Crippen molar-refractivity contribution in [1.82, 2.24) is 10.3 Å². The summed E-state index contributed by atoms with van der Waals surface area (Å²) in [6.07, 6.45) is 3.27. The number of nitrogens with one attached hydrogen (secondary N) is 1. The van der Waals surface area contributed by atoms with Crippen molar-refractivity contribution in [2.45, 2.75) is 32.0 Å². The molecule has 184 valence electrons. The number of nitriles is 1. The first-order valence-corrected chi connectivity index (χ1v) is 11.9. The first-order chi connectivity index (χ1) is 17.9. The van der Waals surface area contributed by atoms with Gasteiger partial charge in [0.15, 0.2) is 11.5 Å². The van der Waals surface area contributed by atoms with Gasteiger partial charge in [-0.25, -0.2) is 0 Å². The highest BCUT2D eigenvalue weighted by atomic mass is 16.5. The van der Waals surface area contributed by atoms with E-state index in [1.54, 1.807) is 24.4 Å². The van der Waals surface area contributed by atoms with Gasteiger partial charge in [0.2, 0.25) is 0 Å². The molecule has 0 saturated heterocycles. The van der Waals surface area contributed by atoms with E-state index in [-0.39, 0.29) is 18.8 Å². The molecule has 1 aliphatic rings. The fraction of sp³-hybridized carbons (Fsp3) is 0.167. The van der Waals surface area contributed by atoms with Crippen LogP contribution in [0.25, 0.3) is 11.1 Å². The summed E-state index contributed by atoms with van der Waals surface area (Å²) in [6.45, 7) is 2.30. The predicted molar refractivity (Wildman–Crippen MR) is 138 cm³/mol. The molecular formula is C30H25N3O4. The first-order valence-electron chi connectivity index (χ1n) is 11.9. The number of carboxylic acid groups (broad SMARTS) is 1. The van der Waals surface area contributed by atoms with E-state index < -0.39 is 18.1 Å². The van der Waals surface area contributed by atoms with Gasteiger partial charge in [0.1, 0.15) is 18.7 Å². The van der Waals surface area contributed by atoms with Crippen molar-refractivity contribution in [3.05, 3.63) is 113 Å². The van der Waals surface area contributed by atoms with Crippen LogP contribution in [0.4, 0.5) is 0 Å². The molecule has 5 rings (SSSR count). The number of carboxylic acids is 1. The van der Waals surface area contributed by atoms with Crippen LogP contribution in [0.15, 0.2) is 79.1 Å². The molecule has 2 heterocycles. The van der Waals surface area contributed by atoms with Crippen molar-refractivity contribution in [3.63, 3.8) is 0 Å². The zero-order valence-electron chi connectivity index (χ0n) is 20.2. The highest BCUT2D eigenvalue weighted by molar-refractivity contribution is 5.75. The van der Waals surface area contributed by atoms with Gasteiger partial charge in [0.25, 0.3) is 0 Å². The molecule has 7 heteroatoms. The number of aliphatic carboxylic acids is 1. The number of phenolic OH excluding ortho intramolecular Hbond substituents is 1. The zero-order valence-corrected chi connectivity index (χ0v) is 20.2. The minimum atomic E-state index is -0.992. The van der Waals surface area contributed by atoms with Crippen molar-refractivity contribution in [2.75, 3.05) is 0 Å². The van der Waals surface area contributed by atoms with Gasteiger partial charge in [0.05, 0.1) is 11.6 Å². The van der Waals surface area contributed by atoms with E-state index in [1.807, 2.05) is 30.3 Å². The summed E-state index contributed by atoms with van der Waals surface area (Å²) in [7, 11) is 0. The second-order valence-corrected chi connectivity index (χ2v) is 9.08. The third-order valence-corrected chi connectivity index (χ3v) is 6.76. The fourth-order valence-corrected chi connectivity index (χ4v) is 4.80. The normalized spacial score (nSPS) is 16.4. The number of aromatic hydroxyl groups is 1. The lowest BCUT2D eigenvalue weighted by Crippen LogP contribution is -2.45. The summed E-state index contributed by atoms with van der Waals surface area (Å²) in [5.74, 6) is -0.744. The quantitative estimate of drug-likeness (QED) is 0.351. The number of benzene rings is 3. The molecule has 0 fully saturated rings. The molecule has 0 radical (unpaired) electrons. The summed E-state index contributed by atoms with van der Waals surface area (Å²) >= 11 is 0. The molecule has 1 unspecified atom stereocenters. The number of carbonyl (C=O) groups is 1. The molecular weight excluding hydrogens is 466 g/mol. The number of hydrogen-bond acceptors (Lipinski definition) is 6. The second kappa shape index (κ2) is 10.1. The monoisotopic (exact) mass is 491 g/mol. The van der Waals surface area contributed by atoms with E-state index in [9.17, 15) is 20.3 Å². The summed E-state index contributed by atoms with van der Waals surface area (Å²) < 4.78 is 6.10. The van der Waals surface area contributed by atoms with E-state index in [2.05, 4.69) is 41.5 Å². The number of pyridine rings is 1. The van der Waals surface area contributed by atoms with Gasteiger partial charge in [-0.1, -0.05) is 48.5 Å². The van der Waals surface area contributed by atoms with Crippen LogP contribution >= 0.6 is 0 Å². The number of phenols is 1. The molecule has 0 amide bonds. The van der Waals surface area contributed by atoms with Crippen LogP contribution in [0.3, 0.4) is 0 Å². The van der Waals surface area contributed by atoms with Gasteiger partial charge in [0, 0.05) is 12.4 Å². The number of hydrogen-bond donors (Lipinski definition) is 3. The summed E-state index contributed by atoms with van der Waals surface area (Å²) in [5.41, 5.74) is 6.83. The van der Waals surface area contributed by atoms with Crippen molar-refractivity contribution in [1.29, 1.82) is 5.26 Å². The molecule has 37 heavy (non-hydrogen) atoms. The van der Waals surface area contributed by atoms with Crippen LogP contribution in [0, 0.1) is 18.3 Å². The Morgan fingerprint density at radius 3 is 2.70 bits per heavy atom. The average molecular weight is 492 g/mol. The maximum absolute atomic E-state index is 11.8. The lowest BCUT2D eigenvalue weighted by Gasteiger charge is -2.32. The molecule has 3 aromatic carbocycles. The van der Waals surface area contributed by atoms with Crippen molar-refractivity contribution < 1.29 is 19.7 Å². The topological polar surface area (TPSA) is 115 Å². The number of rotatable bonds is 6. The van der Waals surface area contributed by atoms with E-state index in [0.29, 0.717) is 22.4 Å². The van der Waals surface area contributed by atoms with Gasteiger partial charge >= 0.3 is 5.97 Å².